The van der Waals surface area contributed by atoms with Crippen LogP contribution in [0.15, 0.2) is 47.7 Å². The Balaban J connectivity index is 0.00000153. The molecule has 3 heterocycles. The van der Waals surface area contributed by atoms with Crippen LogP contribution in [0.4, 0.5) is 4.79 Å². The number of rotatable bonds is 2. The fraction of sp³-hybridized carbons (Fsp3) is 0.684. The van der Waals surface area contributed by atoms with E-state index in [1.165, 1.54) is 49.8 Å². The summed E-state index contributed by atoms with van der Waals surface area (Å²) in [6.07, 6.45) is 13.8. The maximum atomic E-state index is 13.4. The largest absolute Gasteiger partial charge is 0.445 e. The molecule has 8 rings (SSSR count). The lowest BCUT2D eigenvalue weighted by Crippen LogP contribution is -2.51. The van der Waals surface area contributed by atoms with Gasteiger partial charge in [0.1, 0.15) is 6.61 Å². The van der Waals surface area contributed by atoms with Crippen molar-refractivity contribution in [3.63, 3.8) is 0 Å². The minimum Gasteiger partial charge on any atom is -0.445 e. The van der Waals surface area contributed by atoms with Crippen molar-refractivity contribution in [3.8, 4) is 0 Å². The van der Waals surface area contributed by atoms with E-state index in [0.29, 0.717) is 23.9 Å². The summed E-state index contributed by atoms with van der Waals surface area (Å²) in [5, 5.41) is 7.71. The molecule has 4 fully saturated rings. The number of carbonyl (C=O) groups excluding carboxylic acids is 1. The first-order valence-corrected chi connectivity index (χ1v) is 17.7. The van der Waals surface area contributed by atoms with Gasteiger partial charge in [-0.05, 0) is 117 Å². The molecule has 1 N–H and O–H groups in total. The molecule has 1 spiro atoms. The van der Waals surface area contributed by atoms with E-state index in [0.717, 1.165) is 55.5 Å². The second-order valence-corrected chi connectivity index (χ2v) is 15.3. The van der Waals surface area contributed by atoms with E-state index >= 15 is 0 Å². The first-order chi connectivity index (χ1) is 21.3. The normalized spacial score (nSPS) is 38.8. The molecule has 0 radical (unpaired) electrons. The number of allylic oxidation sites excluding steroid dienone is 1. The number of hydrogen-bond donors (Lipinski definition) is 1. The van der Waals surface area contributed by atoms with E-state index in [9.17, 15) is 4.79 Å². The molecule has 238 valence electrons. The number of H-pyrrole nitrogens is 1. The summed E-state index contributed by atoms with van der Waals surface area (Å²) in [7, 11) is 0. The van der Waals surface area contributed by atoms with Crippen LogP contribution >= 0.6 is 0 Å². The molecule has 2 aliphatic heterocycles. The van der Waals surface area contributed by atoms with Crippen LogP contribution in [0.3, 0.4) is 0 Å². The van der Waals surface area contributed by atoms with Crippen molar-refractivity contribution < 1.29 is 14.3 Å². The summed E-state index contributed by atoms with van der Waals surface area (Å²) >= 11 is 0. The first-order valence-electron chi connectivity index (χ1n) is 17.7. The Morgan fingerprint density at radius 3 is 2.77 bits per heavy atom. The second kappa shape index (κ2) is 11.6. The van der Waals surface area contributed by atoms with Gasteiger partial charge < -0.3 is 14.4 Å². The van der Waals surface area contributed by atoms with Crippen LogP contribution in [0.5, 0.6) is 0 Å². The molecule has 6 heteroatoms. The van der Waals surface area contributed by atoms with Crippen LogP contribution in [0, 0.1) is 35.0 Å². The van der Waals surface area contributed by atoms with Crippen LogP contribution in [0.25, 0.3) is 0 Å². The maximum absolute atomic E-state index is 13.4. The predicted octanol–water partition coefficient (Wildman–Crippen LogP) is 8.28. The molecule has 0 bridgehead atoms. The Labute approximate surface area is 264 Å². The molecule has 1 aromatic carbocycles. The van der Waals surface area contributed by atoms with Crippen LogP contribution < -0.4 is 0 Å². The smallest absolute Gasteiger partial charge is 0.410 e. The molecule has 2 saturated heterocycles. The molecule has 1 amide bonds. The highest BCUT2D eigenvalue weighted by atomic mass is 16.6. The number of benzene rings is 1. The molecular weight excluding hydrogens is 546 g/mol. The zero-order chi connectivity index (χ0) is 30.6. The van der Waals surface area contributed by atoms with Crippen molar-refractivity contribution >= 4 is 6.09 Å². The summed E-state index contributed by atoms with van der Waals surface area (Å²) in [6.45, 7) is 12.4. The minimum atomic E-state index is -0.178. The van der Waals surface area contributed by atoms with Crippen molar-refractivity contribution in [1.29, 1.82) is 0 Å². The quantitative estimate of drug-likeness (QED) is 0.353. The summed E-state index contributed by atoms with van der Waals surface area (Å²) < 4.78 is 13.0. The third kappa shape index (κ3) is 5.04. The monoisotopic (exact) mass is 599 g/mol. The molecule has 44 heavy (non-hydrogen) atoms. The number of aromatic nitrogens is 2. The van der Waals surface area contributed by atoms with Gasteiger partial charge in [0, 0.05) is 12.2 Å². The van der Waals surface area contributed by atoms with Crippen molar-refractivity contribution in [3.05, 3.63) is 64.5 Å². The third-order valence-electron chi connectivity index (χ3n) is 12.8. The van der Waals surface area contributed by atoms with Gasteiger partial charge in [0.25, 0.3) is 0 Å². The lowest BCUT2D eigenvalue weighted by molar-refractivity contribution is -0.0733. The molecule has 9 atom stereocenters. The standard InChI is InChI=1S/C36H47N3O3.C2H6/c1-22-13-33-32(39(20-22)34(40)41-21-24-7-5-4-6-8-24)18-36(42-33)12-11-27-28-10-9-26-14-31-25(19-37-38-31)17-35(26,3)30(28)15-29(27)23(2)16-36;1-2/h4-8,19,22,26-28,30,32-33H,9-18,20-21H2,1-3H3,(H,37,38);1-2H3/t22?,26?,27?,28?,30?,32-,33?,35?,36?;/m0./s1. The van der Waals surface area contributed by atoms with Gasteiger partial charge >= 0.3 is 6.09 Å². The van der Waals surface area contributed by atoms with Crippen LogP contribution in [-0.4, -0.2) is 45.5 Å². The number of piperidine rings is 1. The van der Waals surface area contributed by atoms with Gasteiger partial charge in [-0.1, -0.05) is 69.2 Å². The van der Waals surface area contributed by atoms with Crippen molar-refractivity contribution in [2.45, 2.75) is 123 Å². The Morgan fingerprint density at radius 2 is 1.95 bits per heavy atom. The van der Waals surface area contributed by atoms with E-state index in [1.807, 2.05) is 49.1 Å². The number of nitrogens with zero attached hydrogens (tertiary/aromatic N) is 2. The van der Waals surface area contributed by atoms with Gasteiger partial charge in [-0.2, -0.15) is 5.10 Å². The summed E-state index contributed by atoms with van der Waals surface area (Å²) in [4.78, 5) is 15.4. The lowest BCUT2D eigenvalue weighted by Gasteiger charge is -2.52. The zero-order valence-electron chi connectivity index (χ0n) is 27.6. The van der Waals surface area contributed by atoms with Gasteiger partial charge in [0.05, 0.1) is 23.9 Å². The molecule has 6 aliphatic rings. The van der Waals surface area contributed by atoms with Gasteiger partial charge in [0.15, 0.2) is 0 Å². The van der Waals surface area contributed by atoms with E-state index < -0.39 is 0 Å². The van der Waals surface area contributed by atoms with E-state index in [4.69, 9.17) is 9.47 Å². The number of fused-ring (bicyclic) bond motifs is 7. The van der Waals surface area contributed by atoms with E-state index in [1.54, 1.807) is 11.1 Å². The van der Waals surface area contributed by atoms with Crippen molar-refractivity contribution in [2.24, 2.45) is 35.0 Å². The molecule has 2 aromatic rings. The predicted molar refractivity (Wildman–Crippen MR) is 173 cm³/mol. The van der Waals surface area contributed by atoms with Gasteiger partial charge in [-0.3, -0.25) is 5.10 Å². The highest BCUT2D eigenvalue weighted by molar-refractivity contribution is 5.68. The highest BCUT2D eigenvalue weighted by Gasteiger charge is 2.58. The number of hydrogen-bond acceptors (Lipinski definition) is 4. The van der Waals surface area contributed by atoms with E-state index in [-0.39, 0.29) is 23.8 Å². The molecule has 8 unspecified atom stereocenters. The number of aromatic amines is 1. The minimum absolute atomic E-state index is 0.113. The number of nitrogens with one attached hydrogen (secondary N) is 1. The van der Waals surface area contributed by atoms with E-state index in [2.05, 4.69) is 37.2 Å². The SMILES string of the molecule is CC.CC1=C2CC3C(CCC4Cc5[nH]ncc5CC43C)C2CCC2(C1)C[C@H]1C(CC(C)CN1C(=O)OCc1ccccc1)O2. The molecule has 1 aromatic heterocycles. The Kier molecular flexibility index (Phi) is 7.96. The second-order valence-electron chi connectivity index (χ2n) is 15.3. The Morgan fingerprint density at radius 1 is 1.14 bits per heavy atom. The maximum Gasteiger partial charge on any atom is 0.410 e. The third-order valence-corrected chi connectivity index (χ3v) is 12.8. The van der Waals surface area contributed by atoms with Crippen LogP contribution in [0.2, 0.25) is 0 Å². The fourth-order valence-electron chi connectivity index (χ4n) is 10.9. The molecular formula is C38H53N3O3. The first kappa shape index (κ1) is 30.1. The molecule has 2 saturated carbocycles. The summed E-state index contributed by atoms with van der Waals surface area (Å²) in [5.74, 6) is 3.48. The number of amides is 1. The van der Waals surface area contributed by atoms with Crippen molar-refractivity contribution in [1.82, 2.24) is 15.1 Å². The van der Waals surface area contributed by atoms with Crippen LogP contribution in [-0.2, 0) is 28.9 Å². The molecule has 4 aliphatic carbocycles. The number of likely N-dealkylation sites (tertiary alicyclic amines) is 1. The van der Waals surface area contributed by atoms with Gasteiger partial charge in [-0.25, -0.2) is 4.79 Å². The van der Waals surface area contributed by atoms with Crippen molar-refractivity contribution in [2.75, 3.05) is 6.54 Å². The Hall–Kier alpha value is -2.60. The van der Waals surface area contributed by atoms with Gasteiger partial charge in [0.2, 0.25) is 0 Å². The zero-order valence-corrected chi connectivity index (χ0v) is 27.6. The number of ether oxygens (including phenoxy) is 2. The topological polar surface area (TPSA) is 67.5 Å². The Bertz CT molecular complexity index is 1380. The number of carbonyl (C=O) groups is 1. The average molecular weight is 600 g/mol. The highest BCUT2D eigenvalue weighted by Crippen LogP contribution is 2.64. The molecule has 6 nitrogen and oxygen atoms in total. The van der Waals surface area contributed by atoms with Crippen LogP contribution in [0.1, 0.15) is 103 Å². The fourth-order valence-corrected chi connectivity index (χ4v) is 10.9. The lowest BCUT2D eigenvalue weighted by atomic mass is 9.52. The van der Waals surface area contributed by atoms with Gasteiger partial charge in [-0.15, -0.1) is 0 Å². The average Bonchev–Trinajstić information content (AvgIpc) is 3.71. The summed E-state index contributed by atoms with van der Waals surface area (Å²) in [5.41, 5.74) is 7.49. The summed E-state index contributed by atoms with van der Waals surface area (Å²) in [6, 6.07) is 10.1.